The van der Waals surface area contributed by atoms with Gasteiger partial charge in [0.15, 0.2) is 0 Å². The van der Waals surface area contributed by atoms with Crippen molar-refractivity contribution in [2.75, 3.05) is 69.0 Å². The van der Waals surface area contributed by atoms with E-state index in [1.165, 1.54) is 5.56 Å². The summed E-state index contributed by atoms with van der Waals surface area (Å²) in [5, 5.41) is 3.56. The lowest BCUT2D eigenvalue weighted by Crippen LogP contribution is -2.60. The maximum Gasteiger partial charge on any atom is 0.272 e. The average Bonchev–Trinajstić information content (AvgIpc) is 3.42. The summed E-state index contributed by atoms with van der Waals surface area (Å²) >= 11 is 0. The van der Waals surface area contributed by atoms with Crippen molar-refractivity contribution >= 4 is 29.0 Å². The maximum absolute atomic E-state index is 13.9. The predicted octanol–water partition coefficient (Wildman–Crippen LogP) is 5.72. The molecular weight excluding hydrogens is 550 g/mol. The number of carbonyl (C=O) groups is 1. The third-order valence-electron chi connectivity index (χ3n) is 9.10. The molecule has 1 unspecified atom stereocenters. The van der Waals surface area contributed by atoms with E-state index in [4.69, 9.17) is 14.7 Å². The fraction of sp³-hybridized carbons (Fsp3) is 0.514. The zero-order valence-electron chi connectivity index (χ0n) is 27.9. The van der Waals surface area contributed by atoms with Gasteiger partial charge in [-0.05, 0) is 87.7 Å². The number of ether oxygens (including phenoxy) is 1. The number of nitrogens with one attached hydrogen (secondary N) is 1. The Labute approximate surface area is 263 Å². The van der Waals surface area contributed by atoms with E-state index in [2.05, 4.69) is 98.9 Å². The van der Waals surface area contributed by atoms with Crippen LogP contribution in [0.15, 0.2) is 48.5 Å². The van der Waals surface area contributed by atoms with Crippen LogP contribution in [0.2, 0.25) is 0 Å². The second-order valence-corrected chi connectivity index (χ2v) is 14.0. The quantitative estimate of drug-likeness (QED) is 0.370. The molecule has 2 aliphatic rings. The highest BCUT2D eigenvalue weighted by atomic mass is 16.5. The number of carbonyl (C=O) groups excluding carboxylic acids is 1. The fourth-order valence-corrected chi connectivity index (χ4v) is 6.25. The molecule has 0 aliphatic carbocycles. The van der Waals surface area contributed by atoms with Crippen molar-refractivity contribution in [1.82, 2.24) is 19.8 Å². The average molecular weight is 600 g/mol. The fourth-order valence-electron chi connectivity index (χ4n) is 6.25. The van der Waals surface area contributed by atoms with Crippen LogP contribution in [-0.4, -0.2) is 91.2 Å². The standard InChI is InChI=1S/C35H49N7O2/c1-24-10-11-25(34(2,3)4)20-29(24)36-31-21-30(32(43)40(8)27-16-17-39(7)22-27)37-33(38-31)41-18-19-42(35(5,6)23-41)26-12-14-28(44-9)15-13-26/h10-15,20-21,27H,16-19,22-23H2,1-9H3,(H,36,37,38). The number of rotatable bonds is 7. The van der Waals surface area contributed by atoms with E-state index >= 15 is 0 Å². The van der Waals surface area contributed by atoms with Gasteiger partial charge in [0.1, 0.15) is 17.3 Å². The van der Waals surface area contributed by atoms with Crippen LogP contribution in [0.1, 0.15) is 62.7 Å². The van der Waals surface area contributed by atoms with Crippen molar-refractivity contribution in [3.05, 3.63) is 65.4 Å². The smallest absolute Gasteiger partial charge is 0.272 e. The van der Waals surface area contributed by atoms with E-state index in [0.717, 1.165) is 55.3 Å². The summed E-state index contributed by atoms with van der Waals surface area (Å²) < 4.78 is 5.37. The molecule has 5 rings (SSSR count). The molecule has 1 atom stereocenters. The number of piperazine rings is 1. The van der Waals surface area contributed by atoms with Gasteiger partial charge in [0.05, 0.1) is 12.6 Å². The highest BCUT2D eigenvalue weighted by Gasteiger charge is 2.36. The van der Waals surface area contributed by atoms with Crippen LogP contribution in [-0.2, 0) is 5.41 Å². The van der Waals surface area contributed by atoms with Crippen LogP contribution in [0.25, 0.3) is 0 Å². The minimum atomic E-state index is -0.202. The summed E-state index contributed by atoms with van der Waals surface area (Å²) in [6.07, 6.45) is 0.960. The summed E-state index contributed by atoms with van der Waals surface area (Å²) in [6, 6.07) is 16.7. The first kappa shape index (κ1) is 31.6. The molecule has 9 nitrogen and oxygen atoms in total. The first-order chi connectivity index (χ1) is 20.7. The summed E-state index contributed by atoms with van der Waals surface area (Å²) in [4.78, 5) is 32.6. The van der Waals surface area contributed by atoms with Gasteiger partial charge in [-0.2, -0.15) is 4.98 Å². The molecule has 44 heavy (non-hydrogen) atoms. The van der Waals surface area contributed by atoms with Gasteiger partial charge in [-0.3, -0.25) is 4.79 Å². The zero-order valence-corrected chi connectivity index (χ0v) is 27.9. The molecule has 0 bridgehead atoms. The third kappa shape index (κ3) is 6.78. The van der Waals surface area contributed by atoms with E-state index < -0.39 is 0 Å². The molecule has 0 saturated carbocycles. The molecule has 2 aliphatic heterocycles. The lowest BCUT2D eigenvalue weighted by atomic mass is 9.86. The van der Waals surface area contributed by atoms with Gasteiger partial charge in [-0.1, -0.05) is 32.9 Å². The number of aryl methyl sites for hydroxylation is 1. The molecule has 236 valence electrons. The lowest BCUT2D eigenvalue weighted by molar-refractivity contribution is 0.0731. The van der Waals surface area contributed by atoms with E-state index in [1.54, 1.807) is 7.11 Å². The van der Waals surface area contributed by atoms with Crippen molar-refractivity contribution in [3.8, 4) is 5.75 Å². The number of anilines is 4. The third-order valence-corrected chi connectivity index (χ3v) is 9.10. The molecule has 1 N–H and O–H groups in total. The van der Waals surface area contributed by atoms with Crippen molar-refractivity contribution < 1.29 is 9.53 Å². The van der Waals surface area contributed by atoms with Gasteiger partial charge in [0.25, 0.3) is 5.91 Å². The number of likely N-dealkylation sites (N-methyl/N-ethyl adjacent to an activating group) is 2. The highest BCUT2D eigenvalue weighted by molar-refractivity contribution is 5.93. The van der Waals surface area contributed by atoms with Gasteiger partial charge < -0.3 is 29.7 Å². The van der Waals surface area contributed by atoms with E-state index in [0.29, 0.717) is 24.0 Å². The number of hydrogen-bond donors (Lipinski definition) is 1. The first-order valence-electron chi connectivity index (χ1n) is 15.6. The molecular formula is C35H49N7O2. The Morgan fingerprint density at radius 2 is 1.77 bits per heavy atom. The second kappa shape index (κ2) is 12.3. The molecule has 1 aromatic heterocycles. The Kier molecular flexibility index (Phi) is 8.80. The first-order valence-corrected chi connectivity index (χ1v) is 15.6. The molecule has 2 saturated heterocycles. The van der Waals surface area contributed by atoms with Crippen molar-refractivity contribution in [2.45, 2.75) is 65.0 Å². The lowest BCUT2D eigenvalue weighted by Gasteiger charge is -2.48. The summed E-state index contributed by atoms with van der Waals surface area (Å²) in [7, 11) is 5.69. The molecule has 3 heterocycles. The molecule has 1 amide bonds. The number of nitrogens with zero attached hydrogens (tertiary/aromatic N) is 6. The van der Waals surface area contributed by atoms with Gasteiger partial charge in [0.2, 0.25) is 5.95 Å². The van der Waals surface area contributed by atoms with Crippen LogP contribution < -0.4 is 19.9 Å². The topological polar surface area (TPSA) is 77.1 Å². The number of amides is 1. The zero-order chi connectivity index (χ0) is 31.8. The highest BCUT2D eigenvalue weighted by Crippen LogP contribution is 2.33. The van der Waals surface area contributed by atoms with Crippen LogP contribution >= 0.6 is 0 Å². The van der Waals surface area contributed by atoms with Gasteiger partial charge >= 0.3 is 0 Å². The van der Waals surface area contributed by atoms with Crippen molar-refractivity contribution in [3.63, 3.8) is 0 Å². The summed E-state index contributed by atoms with van der Waals surface area (Å²) in [5.41, 5.74) is 4.70. The Balaban J connectivity index is 1.47. The van der Waals surface area contributed by atoms with Gasteiger partial charge in [-0.15, -0.1) is 0 Å². The second-order valence-electron chi connectivity index (χ2n) is 14.0. The van der Waals surface area contributed by atoms with Crippen LogP contribution in [0.3, 0.4) is 0 Å². The molecule has 0 radical (unpaired) electrons. The Hall–Kier alpha value is -3.85. The SMILES string of the molecule is COc1ccc(N2CCN(c3nc(Nc4cc(C(C)(C)C)ccc4C)cc(C(=O)N(C)C4CCN(C)C4)n3)CC2(C)C)cc1. The normalized spacial score (nSPS) is 18.8. The predicted molar refractivity (Wildman–Crippen MR) is 180 cm³/mol. The van der Waals surface area contributed by atoms with Gasteiger partial charge in [-0.25, -0.2) is 4.98 Å². The molecule has 0 spiro atoms. The van der Waals surface area contributed by atoms with Crippen LogP contribution in [0, 0.1) is 6.92 Å². The maximum atomic E-state index is 13.9. The minimum Gasteiger partial charge on any atom is -0.497 e. The van der Waals surface area contributed by atoms with Gasteiger partial charge in [0, 0.05) is 56.7 Å². The monoisotopic (exact) mass is 599 g/mol. The van der Waals surface area contributed by atoms with Crippen molar-refractivity contribution in [1.29, 1.82) is 0 Å². The van der Waals surface area contributed by atoms with Crippen LogP contribution in [0.5, 0.6) is 5.75 Å². The molecule has 3 aromatic rings. The molecule has 2 aromatic carbocycles. The number of methoxy groups -OCH3 is 1. The van der Waals surface area contributed by atoms with Crippen molar-refractivity contribution in [2.24, 2.45) is 0 Å². The van der Waals surface area contributed by atoms with Crippen LogP contribution in [0.4, 0.5) is 23.1 Å². The Morgan fingerprint density at radius 3 is 2.39 bits per heavy atom. The molecule has 9 heteroatoms. The van der Waals surface area contributed by atoms with E-state index in [-0.39, 0.29) is 22.9 Å². The number of likely N-dealkylation sites (tertiary alicyclic amines) is 1. The largest absolute Gasteiger partial charge is 0.497 e. The number of hydrogen-bond acceptors (Lipinski definition) is 8. The van der Waals surface area contributed by atoms with E-state index in [9.17, 15) is 4.79 Å². The number of benzene rings is 2. The number of aromatic nitrogens is 2. The Bertz CT molecular complexity index is 1480. The summed E-state index contributed by atoms with van der Waals surface area (Å²) in [6.45, 7) is 17.3. The summed E-state index contributed by atoms with van der Waals surface area (Å²) in [5.74, 6) is 1.97. The molecule has 2 fully saturated rings. The Morgan fingerprint density at radius 1 is 1.05 bits per heavy atom. The van der Waals surface area contributed by atoms with E-state index in [1.807, 2.05) is 30.1 Å². The minimum absolute atomic E-state index is 0.00832.